The molecule has 26 heavy (non-hydrogen) atoms. The number of aryl methyl sites for hydroxylation is 1. The zero-order chi connectivity index (χ0) is 19.2. The van der Waals surface area contributed by atoms with Crippen molar-refractivity contribution in [1.82, 2.24) is 16.2 Å². The highest BCUT2D eigenvalue weighted by molar-refractivity contribution is 5.87. The monoisotopic (exact) mass is 355 g/mol. The van der Waals surface area contributed by atoms with Crippen molar-refractivity contribution in [2.75, 3.05) is 7.05 Å². The first-order valence-electron chi connectivity index (χ1n) is 8.83. The molecule has 1 amide bonds. The van der Waals surface area contributed by atoms with Gasteiger partial charge in [0.1, 0.15) is 6.79 Å². The smallest absolute Gasteiger partial charge is 0.245 e. The molecule has 5 heteroatoms. The number of amides is 1. The van der Waals surface area contributed by atoms with E-state index < -0.39 is 0 Å². The standard InChI is InChI=1S/C20H27N3O.CH2O/c1-3-19(23-22-14-13-20(24)21-2)12-11-18-6-4-5-17(15-18)10-9-16-7-8-16;1-2/h3-6,11-16,22-23H,7-10H2,1-2H3,(H,21,24);1H2/b12-11+,14-13-,19-3-;. The van der Waals surface area contributed by atoms with Crippen LogP contribution in [0.2, 0.25) is 0 Å². The van der Waals surface area contributed by atoms with Gasteiger partial charge in [-0.1, -0.05) is 49.3 Å². The maximum Gasteiger partial charge on any atom is 0.245 e. The molecule has 3 N–H and O–H groups in total. The zero-order valence-corrected chi connectivity index (χ0v) is 15.6. The number of hydrogen-bond acceptors (Lipinski definition) is 4. The number of benzene rings is 1. The Balaban J connectivity index is 0.00000163. The predicted molar refractivity (Wildman–Crippen MR) is 107 cm³/mol. The second kappa shape index (κ2) is 12.5. The van der Waals surface area contributed by atoms with Crippen molar-refractivity contribution in [3.8, 4) is 0 Å². The van der Waals surface area contributed by atoms with Crippen molar-refractivity contribution in [2.45, 2.75) is 32.6 Å². The van der Waals surface area contributed by atoms with Crippen LogP contribution in [0.4, 0.5) is 0 Å². The van der Waals surface area contributed by atoms with E-state index in [0.29, 0.717) is 0 Å². The van der Waals surface area contributed by atoms with Gasteiger partial charge in [-0.2, -0.15) is 0 Å². The fraction of sp³-hybridized carbons (Fsp3) is 0.333. The van der Waals surface area contributed by atoms with Gasteiger partial charge in [0, 0.05) is 25.0 Å². The molecule has 0 aliphatic heterocycles. The van der Waals surface area contributed by atoms with Crippen LogP contribution in [-0.4, -0.2) is 19.7 Å². The van der Waals surface area contributed by atoms with E-state index in [0.717, 1.165) is 11.6 Å². The van der Waals surface area contributed by atoms with Gasteiger partial charge in [-0.15, -0.1) is 0 Å². The average Bonchev–Trinajstić information content (AvgIpc) is 3.52. The normalized spacial score (nSPS) is 14.0. The van der Waals surface area contributed by atoms with Gasteiger partial charge >= 0.3 is 0 Å². The van der Waals surface area contributed by atoms with Crippen LogP contribution < -0.4 is 16.2 Å². The van der Waals surface area contributed by atoms with Gasteiger partial charge in [-0.05, 0) is 42.9 Å². The van der Waals surface area contributed by atoms with Crippen LogP contribution in [0.3, 0.4) is 0 Å². The van der Waals surface area contributed by atoms with Gasteiger partial charge in [0.25, 0.3) is 0 Å². The SMILES string of the molecule is C/C=C(/C=C/c1cccc(CCC2CC2)c1)NN/C=C\C(=O)NC.C=O. The third kappa shape index (κ3) is 8.87. The molecule has 1 aliphatic carbocycles. The summed E-state index contributed by atoms with van der Waals surface area (Å²) in [6.45, 7) is 3.96. The fourth-order valence-electron chi connectivity index (χ4n) is 2.35. The minimum absolute atomic E-state index is 0.148. The van der Waals surface area contributed by atoms with E-state index in [1.54, 1.807) is 13.2 Å². The largest absolute Gasteiger partial charge is 0.356 e. The zero-order valence-electron chi connectivity index (χ0n) is 15.6. The molecule has 0 aromatic heterocycles. The third-order valence-corrected chi connectivity index (χ3v) is 4.04. The van der Waals surface area contributed by atoms with E-state index in [1.165, 1.54) is 42.9 Å². The van der Waals surface area contributed by atoms with Crippen molar-refractivity contribution in [3.05, 3.63) is 65.5 Å². The second-order valence-corrected chi connectivity index (χ2v) is 6.02. The van der Waals surface area contributed by atoms with E-state index in [2.05, 4.69) is 46.5 Å². The molecule has 0 saturated heterocycles. The summed E-state index contributed by atoms with van der Waals surface area (Å²) >= 11 is 0. The molecule has 5 nitrogen and oxygen atoms in total. The van der Waals surface area contributed by atoms with Gasteiger partial charge in [0.05, 0.1) is 0 Å². The summed E-state index contributed by atoms with van der Waals surface area (Å²) in [7, 11) is 1.60. The highest BCUT2D eigenvalue weighted by atomic mass is 16.1. The minimum Gasteiger partial charge on any atom is -0.356 e. The fourth-order valence-corrected chi connectivity index (χ4v) is 2.35. The highest BCUT2D eigenvalue weighted by Crippen LogP contribution is 2.33. The van der Waals surface area contributed by atoms with Crippen molar-refractivity contribution < 1.29 is 9.59 Å². The van der Waals surface area contributed by atoms with Crippen LogP contribution in [0.5, 0.6) is 0 Å². The van der Waals surface area contributed by atoms with Crippen molar-refractivity contribution in [3.63, 3.8) is 0 Å². The first-order chi connectivity index (χ1) is 12.7. The Morgan fingerprint density at radius 3 is 2.69 bits per heavy atom. The molecule has 1 aromatic carbocycles. The van der Waals surface area contributed by atoms with Gasteiger partial charge in [0.2, 0.25) is 5.91 Å². The van der Waals surface area contributed by atoms with Crippen LogP contribution in [0.25, 0.3) is 6.08 Å². The molecule has 1 aromatic rings. The molecule has 1 aliphatic rings. The summed E-state index contributed by atoms with van der Waals surface area (Å²) in [4.78, 5) is 19.1. The summed E-state index contributed by atoms with van der Waals surface area (Å²) in [6.07, 6.45) is 14.4. The topological polar surface area (TPSA) is 70.2 Å². The molecular formula is C21H29N3O2. The number of carbonyl (C=O) groups excluding carboxylic acids is 2. The number of likely N-dealkylation sites (N-methyl/N-ethyl adjacent to an activating group) is 1. The van der Waals surface area contributed by atoms with Gasteiger partial charge in [0.15, 0.2) is 0 Å². The predicted octanol–water partition coefficient (Wildman–Crippen LogP) is 3.12. The van der Waals surface area contributed by atoms with Crippen LogP contribution in [0, 0.1) is 5.92 Å². The molecule has 140 valence electrons. The lowest BCUT2D eigenvalue weighted by molar-refractivity contribution is -0.116. The van der Waals surface area contributed by atoms with Crippen LogP contribution in [0.1, 0.15) is 37.3 Å². The first kappa shape index (κ1) is 21.2. The number of nitrogens with one attached hydrogen (secondary N) is 3. The third-order valence-electron chi connectivity index (χ3n) is 4.04. The summed E-state index contributed by atoms with van der Waals surface area (Å²) < 4.78 is 0. The molecule has 2 rings (SSSR count). The number of rotatable bonds is 9. The lowest BCUT2D eigenvalue weighted by Crippen LogP contribution is -2.26. The minimum atomic E-state index is -0.148. The van der Waals surface area contributed by atoms with Crippen LogP contribution in [-0.2, 0) is 16.0 Å². The van der Waals surface area contributed by atoms with Crippen molar-refractivity contribution >= 4 is 18.8 Å². The molecule has 0 radical (unpaired) electrons. The van der Waals surface area contributed by atoms with E-state index >= 15 is 0 Å². The van der Waals surface area contributed by atoms with Crippen LogP contribution >= 0.6 is 0 Å². The molecule has 0 unspecified atom stereocenters. The maximum atomic E-state index is 11.1. The highest BCUT2D eigenvalue weighted by Gasteiger charge is 2.20. The summed E-state index contributed by atoms with van der Waals surface area (Å²) in [6, 6.07) is 8.70. The number of allylic oxidation sites excluding steroid dienone is 2. The molecule has 0 bridgehead atoms. The first-order valence-corrected chi connectivity index (χ1v) is 8.83. The Morgan fingerprint density at radius 2 is 2.04 bits per heavy atom. The molecule has 0 spiro atoms. The Kier molecular flexibility index (Phi) is 10.2. The lowest BCUT2D eigenvalue weighted by atomic mass is 10.0. The molecule has 0 atom stereocenters. The molecule has 1 saturated carbocycles. The Hall–Kier alpha value is -2.82. The Bertz CT molecular complexity index is 646. The number of hydrogen-bond donors (Lipinski definition) is 3. The van der Waals surface area contributed by atoms with E-state index in [1.807, 2.05) is 25.9 Å². The molecule has 1 fully saturated rings. The quantitative estimate of drug-likeness (QED) is 0.362. The summed E-state index contributed by atoms with van der Waals surface area (Å²) in [5, 5.41) is 2.52. The number of hydrazine groups is 1. The maximum absolute atomic E-state index is 11.1. The van der Waals surface area contributed by atoms with E-state index in [9.17, 15) is 4.79 Å². The summed E-state index contributed by atoms with van der Waals surface area (Å²) in [5.74, 6) is 0.821. The molecule has 0 heterocycles. The van der Waals surface area contributed by atoms with Crippen molar-refractivity contribution in [1.29, 1.82) is 0 Å². The Morgan fingerprint density at radius 1 is 1.27 bits per heavy atom. The van der Waals surface area contributed by atoms with Crippen molar-refractivity contribution in [2.24, 2.45) is 5.92 Å². The second-order valence-electron chi connectivity index (χ2n) is 6.02. The lowest BCUT2D eigenvalue weighted by Gasteiger charge is -2.06. The summed E-state index contributed by atoms with van der Waals surface area (Å²) in [5.41, 5.74) is 9.46. The Labute approximate surface area is 156 Å². The van der Waals surface area contributed by atoms with Crippen LogP contribution in [0.15, 0.2) is 54.4 Å². The van der Waals surface area contributed by atoms with Gasteiger partial charge in [-0.3, -0.25) is 4.79 Å². The van der Waals surface area contributed by atoms with E-state index in [-0.39, 0.29) is 5.91 Å². The number of carbonyl (C=O) groups is 2. The van der Waals surface area contributed by atoms with E-state index in [4.69, 9.17) is 4.79 Å². The van der Waals surface area contributed by atoms with Gasteiger partial charge in [-0.25, -0.2) is 0 Å². The average molecular weight is 355 g/mol. The molecular weight excluding hydrogens is 326 g/mol. The van der Waals surface area contributed by atoms with Gasteiger partial charge < -0.3 is 21.0 Å².